The average molecular weight is 425 g/mol. The minimum absolute atomic E-state index is 0.0877. The zero-order valence-electron chi connectivity index (χ0n) is 15.2. The molecule has 0 saturated carbocycles. The molecule has 0 spiro atoms. The minimum atomic E-state index is -0.287. The highest BCUT2D eigenvalue weighted by Gasteiger charge is 2.31. The Morgan fingerprint density at radius 3 is 2.48 bits per heavy atom. The first-order valence-corrected chi connectivity index (χ1v) is 10.1. The molecule has 0 aliphatic heterocycles. The largest absolute Gasteiger partial charge is 0.390 e. The van der Waals surface area contributed by atoms with Crippen molar-refractivity contribution in [3.8, 4) is 0 Å². The predicted octanol–water partition coefficient (Wildman–Crippen LogP) is 4.57. The molecule has 0 bridgehead atoms. The van der Waals surface area contributed by atoms with Gasteiger partial charge in [0, 0.05) is 17.1 Å². The van der Waals surface area contributed by atoms with Crippen molar-refractivity contribution in [3.05, 3.63) is 75.6 Å². The van der Waals surface area contributed by atoms with Crippen molar-refractivity contribution >= 4 is 56.7 Å². The van der Waals surface area contributed by atoms with E-state index >= 15 is 0 Å². The number of nitrogens with one attached hydrogen (secondary N) is 2. The van der Waals surface area contributed by atoms with Gasteiger partial charge >= 0.3 is 0 Å². The van der Waals surface area contributed by atoms with Crippen LogP contribution in [0.2, 0.25) is 5.02 Å². The van der Waals surface area contributed by atoms with E-state index in [2.05, 4.69) is 15.8 Å². The summed E-state index contributed by atoms with van der Waals surface area (Å²) in [5.74, 6) is -0.374. The molecule has 1 aliphatic carbocycles. The summed E-state index contributed by atoms with van der Waals surface area (Å²) in [6, 6.07) is 16.2. The lowest BCUT2D eigenvalue weighted by Gasteiger charge is -2.14. The summed E-state index contributed by atoms with van der Waals surface area (Å²) >= 11 is 7.10. The Morgan fingerprint density at radius 2 is 1.76 bits per heavy atom. The summed E-state index contributed by atoms with van der Waals surface area (Å²) in [5, 5.41) is 8.14. The second kappa shape index (κ2) is 8.06. The molecule has 4 rings (SSSR count). The van der Waals surface area contributed by atoms with E-state index in [1.165, 1.54) is 11.3 Å². The molecule has 2 aromatic carbocycles. The van der Waals surface area contributed by atoms with E-state index < -0.39 is 0 Å². The van der Waals surface area contributed by atoms with Gasteiger partial charge in [0.2, 0.25) is 0 Å². The van der Waals surface area contributed by atoms with Crippen LogP contribution >= 0.6 is 22.9 Å². The molecule has 29 heavy (non-hydrogen) atoms. The Labute approximate surface area is 176 Å². The van der Waals surface area contributed by atoms with E-state index in [0.29, 0.717) is 38.3 Å². The number of Topliss-reactive ketones (excluding diaryl/α,β-unsaturated/α-hetero) is 1. The monoisotopic (exact) mass is 424 g/mol. The van der Waals surface area contributed by atoms with Crippen molar-refractivity contribution in [2.75, 3.05) is 16.5 Å². The Morgan fingerprint density at radius 1 is 1.03 bits per heavy atom. The van der Waals surface area contributed by atoms with Crippen molar-refractivity contribution in [1.29, 1.82) is 0 Å². The third kappa shape index (κ3) is 4.01. The third-order valence-electron chi connectivity index (χ3n) is 4.52. The Hall–Kier alpha value is -3.16. The molecule has 8 heteroatoms. The summed E-state index contributed by atoms with van der Waals surface area (Å²) in [7, 11) is 0. The number of para-hydroxylation sites is 1. The van der Waals surface area contributed by atoms with Crippen LogP contribution < -0.4 is 16.5 Å². The number of rotatable bonds is 4. The van der Waals surface area contributed by atoms with Crippen LogP contribution in [-0.4, -0.2) is 17.4 Å². The number of carbonyl (C=O) groups is 2. The van der Waals surface area contributed by atoms with Gasteiger partial charge in [0.1, 0.15) is 5.71 Å². The number of thiophene rings is 1. The van der Waals surface area contributed by atoms with Gasteiger partial charge in [-0.1, -0.05) is 29.8 Å². The third-order valence-corrected chi connectivity index (χ3v) is 5.84. The van der Waals surface area contributed by atoms with Crippen LogP contribution in [0.4, 0.5) is 16.4 Å². The molecule has 1 aromatic heterocycles. The highest BCUT2D eigenvalue weighted by atomic mass is 35.5. The van der Waals surface area contributed by atoms with E-state index in [1.807, 2.05) is 18.2 Å². The number of anilines is 3. The molecule has 1 amide bonds. The average Bonchev–Trinajstić information content (AvgIpc) is 3.05. The van der Waals surface area contributed by atoms with E-state index in [0.717, 1.165) is 5.56 Å². The summed E-state index contributed by atoms with van der Waals surface area (Å²) in [6.45, 7) is 0. The molecule has 0 saturated heterocycles. The SMILES string of the molecule is Nc1sc2c(c1C(=O)Nc1ccccc1)CCC(=O)C2=NNc1ccc(Cl)cc1. The first-order valence-electron chi connectivity index (χ1n) is 8.93. The van der Waals surface area contributed by atoms with Crippen LogP contribution in [0, 0.1) is 0 Å². The second-order valence-corrected chi connectivity index (χ2v) is 7.96. The lowest BCUT2D eigenvalue weighted by Crippen LogP contribution is -2.24. The van der Waals surface area contributed by atoms with Crippen LogP contribution in [-0.2, 0) is 11.2 Å². The number of halogens is 1. The first kappa shape index (κ1) is 19.2. The van der Waals surface area contributed by atoms with Crippen molar-refractivity contribution < 1.29 is 9.59 Å². The van der Waals surface area contributed by atoms with Gasteiger partial charge < -0.3 is 11.1 Å². The first-order chi connectivity index (χ1) is 14.0. The second-order valence-electron chi connectivity index (χ2n) is 6.47. The fourth-order valence-corrected chi connectivity index (χ4v) is 4.37. The van der Waals surface area contributed by atoms with Crippen LogP contribution in [0.5, 0.6) is 0 Å². The molecular weight excluding hydrogens is 408 g/mol. The number of amides is 1. The molecule has 1 aliphatic rings. The van der Waals surface area contributed by atoms with Crippen LogP contribution in [0.1, 0.15) is 27.2 Å². The number of hydrogen-bond donors (Lipinski definition) is 3. The maximum atomic E-state index is 12.8. The fraction of sp³-hybridized carbons (Fsp3) is 0.0952. The number of benzene rings is 2. The van der Waals surface area contributed by atoms with Gasteiger partial charge in [-0.2, -0.15) is 5.10 Å². The number of hydrogen-bond acceptors (Lipinski definition) is 6. The number of nitrogens with two attached hydrogens (primary N) is 1. The van der Waals surface area contributed by atoms with Crippen LogP contribution in [0.15, 0.2) is 59.7 Å². The molecule has 146 valence electrons. The lowest BCUT2D eigenvalue weighted by atomic mass is 9.93. The maximum Gasteiger partial charge on any atom is 0.258 e. The van der Waals surface area contributed by atoms with E-state index in [1.54, 1.807) is 36.4 Å². The van der Waals surface area contributed by atoms with E-state index in [-0.39, 0.29) is 23.8 Å². The minimum Gasteiger partial charge on any atom is -0.390 e. The zero-order chi connectivity index (χ0) is 20.4. The number of hydrazone groups is 1. The van der Waals surface area contributed by atoms with Crippen LogP contribution in [0.25, 0.3) is 0 Å². The fourth-order valence-electron chi connectivity index (χ4n) is 3.12. The van der Waals surface area contributed by atoms with Crippen molar-refractivity contribution in [2.45, 2.75) is 12.8 Å². The molecule has 4 N–H and O–H groups in total. The van der Waals surface area contributed by atoms with Crippen molar-refractivity contribution in [1.82, 2.24) is 0 Å². The molecule has 0 unspecified atom stereocenters. The number of fused-ring (bicyclic) bond motifs is 1. The topological polar surface area (TPSA) is 96.6 Å². The van der Waals surface area contributed by atoms with Crippen molar-refractivity contribution in [3.63, 3.8) is 0 Å². The van der Waals surface area contributed by atoms with Gasteiger partial charge in [-0.25, -0.2) is 0 Å². The molecular formula is C21H17ClN4O2S. The Kier molecular flexibility index (Phi) is 5.33. The normalized spacial score (nSPS) is 14.5. The zero-order valence-corrected chi connectivity index (χ0v) is 16.8. The molecule has 0 fully saturated rings. The number of nitrogens with zero attached hydrogens (tertiary/aromatic N) is 1. The molecule has 1 heterocycles. The standard InChI is InChI=1S/C21H17ClN4O2S/c22-12-6-8-14(9-7-12)25-26-18-16(27)11-10-15-17(20(23)29-19(15)18)21(28)24-13-4-2-1-3-5-13/h1-9,25H,10-11,23H2,(H,24,28). The highest BCUT2D eigenvalue weighted by Crippen LogP contribution is 2.36. The van der Waals surface area contributed by atoms with Gasteiger partial charge in [0.15, 0.2) is 5.78 Å². The maximum absolute atomic E-state index is 12.8. The van der Waals surface area contributed by atoms with Gasteiger partial charge in [-0.15, -0.1) is 11.3 Å². The Balaban J connectivity index is 1.65. The summed E-state index contributed by atoms with van der Waals surface area (Å²) in [6.07, 6.45) is 0.731. The van der Waals surface area contributed by atoms with E-state index in [4.69, 9.17) is 17.3 Å². The number of ketones is 1. The quantitative estimate of drug-likeness (QED) is 0.534. The lowest BCUT2D eigenvalue weighted by molar-refractivity contribution is -0.113. The van der Waals surface area contributed by atoms with Crippen LogP contribution in [0.3, 0.4) is 0 Å². The summed E-state index contributed by atoms with van der Waals surface area (Å²) < 4.78 is 0. The van der Waals surface area contributed by atoms with Crippen molar-refractivity contribution in [2.24, 2.45) is 5.10 Å². The number of carbonyl (C=O) groups excluding carboxylic acids is 2. The molecule has 3 aromatic rings. The molecule has 0 atom stereocenters. The highest BCUT2D eigenvalue weighted by molar-refractivity contribution is 7.19. The van der Waals surface area contributed by atoms with Gasteiger partial charge in [-0.05, 0) is 48.4 Å². The van der Waals surface area contributed by atoms with E-state index in [9.17, 15) is 9.59 Å². The summed E-state index contributed by atoms with van der Waals surface area (Å²) in [5.41, 5.74) is 11.9. The molecule has 0 radical (unpaired) electrons. The molecule has 6 nitrogen and oxygen atoms in total. The summed E-state index contributed by atoms with van der Waals surface area (Å²) in [4.78, 5) is 26.0. The number of nitrogen functional groups attached to an aromatic ring is 1. The predicted molar refractivity (Wildman–Crippen MR) is 118 cm³/mol. The van der Waals surface area contributed by atoms with Gasteiger partial charge in [0.25, 0.3) is 5.91 Å². The van der Waals surface area contributed by atoms with Gasteiger partial charge in [0.05, 0.1) is 21.1 Å². The Bertz CT molecular complexity index is 1110. The van der Waals surface area contributed by atoms with Gasteiger partial charge in [-0.3, -0.25) is 15.0 Å². The smallest absolute Gasteiger partial charge is 0.258 e.